The summed E-state index contributed by atoms with van der Waals surface area (Å²) in [5.41, 5.74) is 8.56. The van der Waals surface area contributed by atoms with Crippen molar-refractivity contribution in [3.8, 4) is 28.7 Å². The number of allylic oxidation sites excluding steroid dienone is 1. The summed E-state index contributed by atoms with van der Waals surface area (Å²) >= 11 is 0. The first-order valence-corrected chi connectivity index (χ1v) is 25.7. The van der Waals surface area contributed by atoms with Crippen LogP contribution in [0.5, 0.6) is 28.7 Å². The molecule has 5 heterocycles. The molecule has 9 nitrogen and oxygen atoms in total. The van der Waals surface area contributed by atoms with Crippen molar-refractivity contribution in [2.75, 3.05) is 19.6 Å². The van der Waals surface area contributed by atoms with Gasteiger partial charge in [-0.2, -0.15) is 18.3 Å². The Balaban J connectivity index is 0.000000117. The topological polar surface area (TPSA) is 91.5 Å². The van der Waals surface area contributed by atoms with Gasteiger partial charge in [0.25, 0.3) is 0 Å². The van der Waals surface area contributed by atoms with E-state index in [1.165, 1.54) is 52.1 Å². The SMILES string of the molecule is CC1C=C[C-]2[C@H]3Cc4ccc(OP)c5c4[C@@]2(CCN3)[C@H]1O5.CC1C=C[C-]2[C@H]3Cc4ccc(OP)cc4[C@@]2(CCN3)C1.POc1ccc2c3c1O[C@H]1[C@@]4(OP)C=C[C@@]5(C[CH-]4)[C@@H](C2)NCC[C@]315.[W].[Y].[Y]. The van der Waals surface area contributed by atoms with Crippen LogP contribution >= 0.6 is 37.9 Å². The van der Waals surface area contributed by atoms with E-state index in [-0.39, 0.29) is 120 Å². The van der Waals surface area contributed by atoms with E-state index in [4.69, 9.17) is 27.6 Å². The summed E-state index contributed by atoms with van der Waals surface area (Å²) in [5, 5.41) is 11.2. The summed E-state index contributed by atoms with van der Waals surface area (Å²) in [5.74, 6) is 8.77. The third kappa shape index (κ3) is 6.92. The van der Waals surface area contributed by atoms with Crippen LogP contribution in [0.25, 0.3) is 0 Å². The number of rotatable bonds is 4. The Hall–Kier alpha value is 0.0761. The van der Waals surface area contributed by atoms with Crippen LogP contribution < -0.4 is 39.0 Å². The zero-order valence-corrected chi connectivity index (χ0v) is 52.0. The summed E-state index contributed by atoms with van der Waals surface area (Å²) in [6.07, 6.45) is 25.5. The van der Waals surface area contributed by atoms with Crippen molar-refractivity contribution >= 4 is 37.9 Å². The number of benzene rings is 3. The number of ether oxygens (including phenoxy) is 2. The van der Waals surface area contributed by atoms with Crippen molar-refractivity contribution in [3.63, 3.8) is 0 Å². The standard InChI is InChI=1S/C18H20NO3P2.C17H19NO2P.C17H21NOP.W.2Y/c23-21-11-2-1-10-9-12-16-3-5-17(22-24,6-4-16)15-18(16,7-8-19-12)13(10)14(11)20-15;1-9-2-4-11-12-8-10-3-5-13(20-21)15-14(10)17(11,6-7-18-12)16(9)19-15;1-11-2-5-14-16-8-12-3-4-13(19-20)9-15(12)17(14,10-11)6-7-18-16;;;/h1-3,5-6,12,15,19H,4,7-9,23-24H2;2-5,9,12,16,18H,6-8,21H2,1H3;2-5,9,11,16,18H,6-8,10,20H2,1H3;;;/q3*-1;;;/t12-,15+,16-,17-,18+;9?,12-,16+,17+;11?,16-,17+;;;/m111.../s1. The van der Waals surface area contributed by atoms with E-state index < -0.39 is 5.60 Å². The molecule has 1 saturated carbocycles. The van der Waals surface area contributed by atoms with Gasteiger partial charge in [0.1, 0.15) is 11.9 Å². The van der Waals surface area contributed by atoms with Crippen LogP contribution in [-0.4, -0.2) is 55.6 Å². The largest absolute Gasteiger partial charge is 0.488 e. The second kappa shape index (κ2) is 19.0. The van der Waals surface area contributed by atoms with Crippen molar-refractivity contribution in [1.29, 1.82) is 0 Å². The Morgan fingerprint density at radius 1 is 0.721 bits per heavy atom. The molecule has 3 aromatic carbocycles. The first kappa shape index (κ1) is 51.6. The Morgan fingerprint density at radius 2 is 1.40 bits per heavy atom. The number of hydrogen-bond acceptors (Lipinski definition) is 9. The molecule has 0 aromatic heterocycles. The molecule has 4 fully saturated rings. The molecule has 3 saturated heterocycles. The van der Waals surface area contributed by atoms with Gasteiger partial charge in [0.2, 0.25) is 0 Å². The first-order valence-electron chi connectivity index (χ1n) is 23.8. The Morgan fingerprint density at radius 3 is 2.12 bits per heavy atom. The van der Waals surface area contributed by atoms with Crippen LogP contribution in [0, 0.1) is 35.5 Å². The molecule has 2 radical (unpaired) electrons. The minimum atomic E-state index is -0.472. The summed E-state index contributed by atoms with van der Waals surface area (Å²) in [4.78, 5) is 0. The van der Waals surface area contributed by atoms with Crippen molar-refractivity contribution in [2.24, 2.45) is 17.3 Å². The average molecular weight is 1310 g/mol. The quantitative estimate of drug-likeness (QED) is 0.136. The summed E-state index contributed by atoms with van der Waals surface area (Å²) in [6.45, 7) is 7.83. The van der Waals surface area contributed by atoms with Gasteiger partial charge in [-0.3, -0.25) is 6.42 Å². The minimum absolute atomic E-state index is 0. The predicted molar refractivity (Wildman–Crippen MR) is 266 cm³/mol. The number of hydrogen-bond donors (Lipinski definition) is 3. The normalized spacial score (nSPS) is 38.0. The molecule has 3 aromatic rings. The molecule has 3 N–H and O–H groups in total. The van der Waals surface area contributed by atoms with E-state index >= 15 is 0 Å². The van der Waals surface area contributed by atoms with E-state index in [1.54, 1.807) is 5.92 Å². The van der Waals surface area contributed by atoms with Crippen molar-refractivity contribution in [3.05, 3.63) is 131 Å². The van der Waals surface area contributed by atoms with Gasteiger partial charge in [-0.1, -0.05) is 62.5 Å². The molecular weight excluding hydrogens is 1250 g/mol. The van der Waals surface area contributed by atoms with Crippen LogP contribution in [-0.2, 0) is 127 Å². The average Bonchev–Trinajstić information content (AvgIpc) is 3.87. The molecule has 0 amide bonds. The fourth-order valence-corrected chi connectivity index (χ4v) is 16.7. The Kier molecular flexibility index (Phi) is 14.4. The number of fused-ring (bicyclic) bond motifs is 2. The van der Waals surface area contributed by atoms with Gasteiger partial charge in [0.15, 0.2) is 23.0 Å². The molecule has 5 aliphatic heterocycles. The van der Waals surface area contributed by atoms with Gasteiger partial charge in [-0.15, -0.1) is 0 Å². The molecule has 68 heavy (non-hydrogen) atoms. The first-order chi connectivity index (χ1) is 31.7. The third-order valence-corrected chi connectivity index (χ3v) is 19.5. The zero-order valence-electron chi connectivity index (χ0n) is 38.7. The van der Waals surface area contributed by atoms with E-state index in [2.05, 4.69) is 141 Å². The van der Waals surface area contributed by atoms with Gasteiger partial charge >= 0.3 is 0 Å². The zero-order chi connectivity index (χ0) is 44.1. The van der Waals surface area contributed by atoms with Crippen molar-refractivity contribution < 1.29 is 114 Å². The van der Waals surface area contributed by atoms with E-state index in [9.17, 15) is 0 Å². The maximum Gasteiger partial charge on any atom is 0.166 e. The second-order valence-electron chi connectivity index (χ2n) is 20.9. The number of piperidine rings is 3. The Bertz CT molecular complexity index is 2590. The van der Waals surface area contributed by atoms with Gasteiger partial charge in [0, 0.05) is 109 Å². The summed E-state index contributed by atoms with van der Waals surface area (Å²) in [7, 11) is 9.55. The predicted octanol–water partition coefficient (Wildman–Crippen LogP) is 8.21. The van der Waals surface area contributed by atoms with Crippen LogP contribution in [0.3, 0.4) is 0 Å². The monoisotopic (exact) mass is 1310 g/mol. The fraction of sp³-hybridized carbons (Fsp3) is 0.481. The summed E-state index contributed by atoms with van der Waals surface area (Å²) < 4.78 is 35.5. The molecule has 8 aliphatic carbocycles. The maximum atomic E-state index is 6.64. The molecule has 16 heteroatoms. The van der Waals surface area contributed by atoms with Gasteiger partial charge in [0.05, 0.1) is 34.5 Å². The molecule has 16 rings (SSSR count). The minimum Gasteiger partial charge on any atom is -0.488 e. The van der Waals surface area contributed by atoms with Crippen LogP contribution in [0.4, 0.5) is 0 Å². The van der Waals surface area contributed by atoms with E-state index in [0.717, 1.165) is 86.9 Å². The molecular formula is C52H60N3O6P4WY2-3. The van der Waals surface area contributed by atoms with Crippen LogP contribution in [0.1, 0.15) is 79.3 Å². The van der Waals surface area contributed by atoms with Gasteiger partial charge in [-0.05, 0) is 148 Å². The molecule has 13 aliphatic rings. The van der Waals surface area contributed by atoms with Gasteiger partial charge < -0.3 is 43.5 Å². The smallest absolute Gasteiger partial charge is 0.166 e. The molecule has 6 unspecified atom stereocenters. The summed E-state index contributed by atoms with van der Waals surface area (Å²) in [6, 6.07) is 16.6. The van der Waals surface area contributed by atoms with Crippen molar-refractivity contribution in [1.82, 2.24) is 16.0 Å². The maximum absolute atomic E-state index is 6.64. The van der Waals surface area contributed by atoms with Crippen LogP contribution in [0.2, 0.25) is 0 Å². The number of nitrogens with one attached hydrogen (secondary N) is 3. The van der Waals surface area contributed by atoms with E-state index in [0.29, 0.717) is 30.0 Å². The van der Waals surface area contributed by atoms with Crippen LogP contribution in [0.15, 0.2) is 78.9 Å². The Labute approximate surface area is 476 Å². The molecule has 354 valence electrons. The van der Waals surface area contributed by atoms with E-state index in [1.807, 2.05) is 12.1 Å². The van der Waals surface area contributed by atoms with Gasteiger partial charge in [-0.25, -0.2) is 24.3 Å². The molecule has 3 spiro atoms. The third-order valence-electron chi connectivity index (χ3n) is 18.4. The fourth-order valence-electron chi connectivity index (χ4n) is 15.8. The molecule has 8 bridgehead atoms. The molecule has 16 atom stereocenters. The second-order valence-corrected chi connectivity index (χ2v) is 21.8. The van der Waals surface area contributed by atoms with Crippen molar-refractivity contribution in [2.45, 2.75) is 117 Å².